The number of rotatable bonds is 3. The second-order valence-electron chi connectivity index (χ2n) is 5.89. The fourth-order valence-corrected chi connectivity index (χ4v) is 3.12. The third kappa shape index (κ3) is 2.54. The van der Waals surface area contributed by atoms with Gasteiger partial charge in [-0.1, -0.05) is 48.5 Å². The summed E-state index contributed by atoms with van der Waals surface area (Å²) in [5.74, 6) is 0.924. The molecule has 0 radical (unpaired) electrons. The van der Waals surface area contributed by atoms with E-state index >= 15 is 0 Å². The number of benzene rings is 3. The van der Waals surface area contributed by atoms with E-state index < -0.39 is 0 Å². The minimum Gasteiger partial charge on any atom is -0.508 e. The molecule has 118 valence electrons. The molecule has 0 atom stereocenters. The van der Waals surface area contributed by atoms with Crippen molar-refractivity contribution in [3.05, 3.63) is 83.4 Å². The molecule has 0 aliphatic heterocycles. The molecule has 3 nitrogen and oxygen atoms in total. The molecule has 0 unspecified atom stereocenters. The minimum atomic E-state index is 0.0880. The Hall–Kier alpha value is -3.07. The maximum Gasteiger partial charge on any atom is 0.171 e. The lowest BCUT2D eigenvalue weighted by Crippen LogP contribution is -2.14. The van der Waals surface area contributed by atoms with Crippen LogP contribution in [0.1, 0.15) is 21.5 Å². The number of phenols is 1. The minimum absolute atomic E-state index is 0.0880. The molecule has 0 saturated carbocycles. The lowest BCUT2D eigenvalue weighted by atomic mass is 9.84. The third-order valence-corrected chi connectivity index (χ3v) is 4.29. The first-order valence-electron chi connectivity index (χ1n) is 7.87. The van der Waals surface area contributed by atoms with Gasteiger partial charge in [0.05, 0.1) is 5.56 Å². The quantitative estimate of drug-likeness (QED) is 0.780. The number of hydrogen-bond donors (Lipinski definition) is 1. The Balaban J connectivity index is 1.69. The van der Waals surface area contributed by atoms with Crippen molar-refractivity contribution < 1.29 is 14.6 Å². The van der Waals surface area contributed by atoms with Crippen molar-refractivity contribution in [2.24, 2.45) is 0 Å². The molecule has 0 spiro atoms. The highest BCUT2D eigenvalue weighted by molar-refractivity contribution is 6.09. The molecule has 0 fully saturated rings. The van der Waals surface area contributed by atoms with E-state index in [1.807, 2.05) is 54.6 Å². The number of carbonyl (C=O) groups excluding carboxylic acids is 1. The van der Waals surface area contributed by atoms with Gasteiger partial charge in [-0.25, -0.2) is 0 Å². The molecule has 0 amide bonds. The molecule has 24 heavy (non-hydrogen) atoms. The lowest BCUT2D eigenvalue weighted by molar-refractivity contribution is 0.0987. The number of Topliss-reactive ketones (excluding diaryl/α,β-unsaturated/α-hetero) is 1. The van der Waals surface area contributed by atoms with E-state index in [0.717, 1.165) is 22.3 Å². The van der Waals surface area contributed by atoms with Crippen LogP contribution in [-0.2, 0) is 13.0 Å². The van der Waals surface area contributed by atoms with Crippen LogP contribution in [0.4, 0.5) is 0 Å². The molecule has 1 aliphatic carbocycles. The van der Waals surface area contributed by atoms with E-state index in [-0.39, 0.29) is 11.5 Å². The van der Waals surface area contributed by atoms with Gasteiger partial charge in [0, 0.05) is 6.42 Å². The van der Waals surface area contributed by atoms with Crippen molar-refractivity contribution >= 4 is 5.78 Å². The molecule has 4 rings (SSSR count). The van der Waals surface area contributed by atoms with Crippen LogP contribution in [0, 0.1) is 0 Å². The number of carbonyl (C=O) groups is 1. The molecule has 1 N–H and O–H groups in total. The van der Waals surface area contributed by atoms with Gasteiger partial charge in [0.1, 0.15) is 18.1 Å². The largest absolute Gasteiger partial charge is 0.508 e. The third-order valence-electron chi connectivity index (χ3n) is 4.29. The zero-order valence-corrected chi connectivity index (χ0v) is 13.0. The Morgan fingerprint density at radius 1 is 0.875 bits per heavy atom. The highest BCUT2D eigenvalue weighted by atomic mass is 16.5. The summed E-state index contributed by atoms with van der Waals surface area (Å²) >= 11 is 0. The maximum atomic E-state index is 12.6. The van der Waals surface area contributed by atoms with E-state index in [2.05, 4.69) is 0 Å². The molecule has 3 heteroatoms. The summed E-state index contributed by atoms with van der Waals surface area (Å²) in [7, 11) is 0. The molecular formula is C21H16O3. The SMILES string of the molecule is O=C1Cc2ccccc2-c2cccc(OCc3ccc(O)cc3)c21. The first-order valence-corrected chi connectivity index (χ1v) is 7.87. The number of ketones is 1. The summed E-state index contributed by atoms with van der Waals surface area (Å²) in [5, 5.41) is 9.34. The normalized spacial score (nSPS) is 12.4. The Morgan fingerprint density at radius 3 is 2.46 bits per heavy atom. The predicted octanol–water partition coefficient (Wildman–Crippen LogP) is 4.38. The molecule has 3 aromatic carbocycles. The van der Waals surface area contributed by atoms with Crippen LogP contribution in [0.25, 0.3) is 11.1 Å². The van der Waals surface area contributed by atoms with E-state index in [0.29, 0.717) is 24.3 Å². The predicted molar refractivity (Wildman–Crippen MR) is 92.4 cm³/mol. The summed E-state index contributed by atoms with van der Waals surface area (Å²) in [5.41, 5.74) is 4.70. The van der Waals surface area contributed by atoms with E-state index in [1.165, 1.54) is 0 Å². The number of ether oxygens (including phenoxy) is 1. The lowest BCUT2D eigenvalue weighted by Gasteiger charge is -2.21. The summed E-state index contributed by atoms with van der Waals surface area (Å²) < 4.78 is 5.91. The average molecular weight is 316 g/mol. The van der Waals surface area contributed by atoms with Gasteiger partial charge in [-0.15, -0.1) is 0 Å². The van der Waals surface area contributed by atoms with Crippen LogP contribution in [0.3, 0.4) is 0 Å². The van der Waals surface area contributed by atoms with Gasteiger partial charge >= 0.3 is 0 Å². The second-order valence-corrected chi connectivity index (χ2v) is 5.89. The molecule has 0 bridgehead atoms. The van der Waals surface area contributed by atoms with E-state index in [4.69, 9.17) is 4.74 Å². The van der Waals surface area contributed by atoms with Crippen LogP contribution in [-0.4, -0.2) is 10.9 Å². The molecule has 1 aliphatic rings. The summed E-state index contributed by atoms with van der Waals surface area (Å²) in [4.78, 5) is 12.6. The molecule has 0 aromatic heterocycles. The van der Waals surface area contributed by atoms with Crippen molar-refractivity contribution in [2.75, 3.05) is 0 Å². The molecule has 0 saturated heterocycles. The highest BCUT2D eigenvalue weighted by Crippen LogP contribution is 2.38. The van der Waals surface area contributed by atoms with Gasteiger partial charge in [0.15, 0.2) is 5.78 Å². The van der Waals surface area contributed by atoms with Crippen molar-refractivity contribution in [2.45, 2.75) is 13.0 Å². The fraction of sp³-hybridized carbons (Fsp3) is 0.0952. The van der Waals surface area contributed by atoms with Crippen LogP contribution < -0.4 is 4.74 Å². The summed E-state index contributed by atoms with van der Waals surface area (Å²) in [6.07, 6.45) is 0.406. The van der Waals surface area contributed by atoms with Gasteiger partial charge in [0.2, 0.25) is 0 Å². The van der Waals surface area contributed by atoms with Crippen LogP contribution in [0.2, 0.25) is 0 Å². The van der Waals surface area contributed by atoms with Gasteiger partial charge in [-0.3, -0.25) is 4.79 Å². The van der Waals surface area contributed by atoms with E-state index in [1.54, 1.807) is 12.1 Å². The topological polar surface area (TPSA) is 46.5 Å². The van der Waals surface area contributed by atoms with Crippen LogP contribution in [0.5, 0.6) is 11.5 Å². The summed E-state index contributed by atoms with van der Waals surface area (Å²) in [6, 6.07) is 20.6. The fourth-order valence-electron chi connectivity index (χ4n) is 3.12. The van der Waals surface area contributed by atoms with Crippen molar-refractivity contribution in [1.82, 2.24) is 0 Å². The maximum absolute atomic E-state index is 12.6. The Labute approximate surface area is 140 Å². The Kier molecular flexibility index (Phi) is 3.54. The van der Waals surface area contributed by atoms with Gasteiger partial charge < -0.3 is 9.84 Å². The Bertz CT molecular complexity index is 911. The molecular weight excluding hydrogens is 300 g/mol. The van der Waals surface area contributed by atoms with Crippen LogP contribution >= 0.6 is 0 Å². The number of aromatic hydroxyl groups is 1. The number of hydrogen-bond acceptors (Lipinski definition) is 3. The van der Waals surface area contributed by atoms with Crippen molar-refractivity contribution in [3.63, 3.8) is 0 Å². The number of phenolic OH excluding ortho intramolecular Hbond substituents is 1. The van der Waals surface area contributed by atoms with Gasteiger partial charge in [0.25, 0.3) is 0 Å². The standard InChI is InChI=1S/C21H16O3/c22-16-10-8-14(9-11-16)13-24-20-7-3-6-18-17-5-2-1-4-15(17)12-19(23)21(18)20/h1-11,22H,12-13H2. The highest BCUT2D eigenvalue weighted by Gasteiger charge is 2.25. The Morgan fingerprint density at radius 2 is 1.62 bits per heavy atom. The van der Waals surface area contributed by atoms with Crippen LogP contribution in [0.15, 0.2) is 66.7 Å². The zero-order chi connectivity index (χ0) is 16.5. The first-order chi connectivity index (χ1) is 11.7. The van der Waals surface area contributed by atoms with Gasteiger partial charge in [-0.05, 0) is 40.5 Å². The second kappa shape index (κ2) is 5.85. The number of fused-ring (bicyclic) bond motifs is 3. The summed E-state index contributed by atoms with van der Waals surface area (Å²) in [6.45, 7) is 0.353. The molecule has 0 heterocycles. The monoisotopic (exact) mass is 316 g/mol. The van der Waals surface area contributed by atoms with Crippen molar-refractivity contribution in [1.29, 1.82) is 0 Å². The first kappa shape index (κ1) is 14.5. The average Bonchev–Trinajstić information content (AvgIpc) is 2.61. The molecule has 3 aromatic rings. The smallest absolute Gasteiger partial charge is 0.171 e. The zero-order valence-electron chi connectivity index (χ0n) is 13.0. The van der Waals surface area contributed by atoms with Crippen molar-refractivity contribution in [3.8, 4) is 22.6 Å². The van der Waals surface area contributed by atoms with Gasteiger partial charge in [-0.2, -0.15) is 0 Å². The van der Waals surface area contributed by atoms with E-state index in [9.17, 15) is 9.90 Å².